The molecular formula is C16H10BrF3OS. The van der Waals surface area contributed by atoms with Gasteiger partial charge in [0.2, 0.25) is 0 Å². The molecule has 1 nitrogen and oxygen atoms in total. The number of alkyl halides is 3. The Morgan fingerprint density at radius 3 is 2.36 bits per heavy atom. The van der Waals surface area contributed by atoms with Crippen molar-refractivity contribution in [3.05, 3.63) is 69.0 Å². The highest BCUT2D eigenvalue weighted by molar-refractivity contribution is 9.10. The number of fused-ring (bicyclic) bond motifs is 1. The summed E-state index contributed by atoms with van der Waals surface area (Å²) in [7, 11) is 0. The first-order valence-electron chi connectivity index (χ1n) is 6.41. The number of para-hydroxylation sites is 1. The van der Waals surface area contributed by atoms with E-state index in [0.717, 1.165) is 10.0 Å². The molecule has 3 rings (SSSR count). The molecule has 1 aliphatic heterocycles. The van der Waals surface area contributed by atoms with Crippen LogP contribution in [-0.4, -0.2) is 12.1 Å². The van der Waals surface area contributed by atoms with Crippen LogP contribution in [-0.2, 0) is 0 Å². The molecule has 0 atom stereocenters. The van der Waals surface area contributed by atoms with Gasteiger partial charge in [0.1, 0.15) is 12.4 Å². The van der Waals surface area contributed by atoms with E-state index in [4.69, 9.17) is 4.74 Å². The Balaban J connectivity index is 2.16. The Kier molecular flexibility index (Phi) is 4.23. The topological polar surface area (TPSA) is 9.23 Å². The number of halogens is 4. The molecule has 0 bridgehead atoms. The van der Waals surface area contributed by atoms with Crippen LogP contribution in [0, 0.1) is 0 Å². The van der Waals surface area contributed by atoms with Gasteiger partial charge < -0.3 is 4.74 Å². The van der Waals surface area contributed by atoms with E-state index in [2.05, 4.69) is 15.9 Å². The highest BCUT2D eigenvalue weighted by Gasteiger charge is 2.34. The van der Waals surface area contributed by atoms with Gasteiger partial charge in [-0.25, -0.2) is 0 Å². The Hall–Kier alpha value is -1.40. The maximum atomic E-state index is 12.8. The van der Waals surface area contributed by atoms with E-state index in [0.29, 0.717) is 16.9 Å². The van der Waals surface area contributed by atoms with Gasteiger partial charge in [-0.1, -0.05) is 46.3 Å². The fraction of sp³-hybridized carbons (Fsp3) is 0.125. The molecule has 0 fully saturated rings. The van der Waals surface area contributed by atoms with Crippen LogP contribution in [0.4, 0.5) is 13.2 Å². The second-order valence-corrected chi connectivity index (χ2v) is 6.71. The molecule has 114 valence electrons. The van der Waals surface area contributed by atoms with Gasteiger partial charge >= 0.3 is 5.51 Å². The lowest BCUT2D eigenvalue weighted by Gasteiger charge is -2.24. The molecule has 1 aliphatic rings. The van der Waals surface area contributed by atoms with Crippen LogP contribution >= 0.6 is 27.7 Å². The molecule has 2 aromatic rings. The normalized spacial score (nSPS) is 14.5. The van der Waals surface area contributed by atoms with Crippen LogP contribution < -0.4 is 4.74 Å². The van der Waals surface area contributed by atoms with Gasteiger partial charge in [-0.15, -0.1) is 0 Å². The number of benzene rings is 2. The summed E-state index contributed by atoms with van der Waals surface area (Å²) in [6.45, 7) is -0.0768. The molecule has 6 heteroatoms. The van der Waals surface area contributed by atoms with E-state index in [1.165, 1.54) is 0 Å². The molecule has 0 aliphatic carbocycles. The van der Waals surface area contributed by atoms with Gasteiger partial charge in [-0.2, -0.15) is 13.2 Å². The molecule has 0 spiro atoms. The van der Waals surface area contributed by atoms with Crippen molar-refractivity contribution in [3.8, 4) is 5.75 Å². The smallest absolute Gasteiger partial charge is 0.446 e. The largest absolute Gasteiger partial charge is 0.488 e. The van der Waals surface area contributed by atoms with Crippen molar-refractivity contribution >= 4 is 33.3 Å². The van der Waals surface area contributed by atoms with Crippen molar-refractivity contribution in [1.29, 1.82) is 0 Å². The molecule has 0 aromatic heterocycles. The minimum atomic E-state index is -4.34. The van der Waals surface area contributed by atoms with Crippen molar-refractivity contribution in [2.45, 2.75) is 5.51 Å². The zero-order chi connectivity index (χ0) is 15.7. The number of rotatable bonds is 2. The lowest BCUT2D eigenvalue weighted by atomic mass is 9.95. The summed E-state index contributed by atoms with van der Waals surface area (Å²) in [4.78, 5) is 0.175. The van der Waals surface area contributed by atoms with Crippen molar-refractivity contribution in [3.63, 3.8) is 0 Å². The summed E-state index contributed by atoms with van der Waals surface area (Å²) < 4.78 is 44.9. The molecule has 22 heavy (non-hydrogen) atoms. The summed E-state index contributed by atoms with van der Waals surface area (Å²) >= 11 is 3.23. The van der Waals surface area contributed by atoms with E-state index in [-0.39, 0.29) is 23.3 Å². The number of hydrogen-bond acceptors (Lipinski definition) is 2. The van der Waals surface area contributed by atoms with Crippen LogP contribution in [0.1, 0.15) is 11.1 Å². The van der Waals surface area contributed by atoms with Gasteiger partial charge in [0.15, 0.2) is 0 Å². The van der Waals surface area contributed by atoms with E-state index in [9.17, 15) is 13.2 Å². The third-order valence-corrected chi connectivity index (χ3v) is 4.49. The van der Waals surface area contributed by atoms with Gasteiger partial charge in [0.05, 0.1) is 0 Å². The molecule has 1 heterocycles. The van der Waals surface area contributed by atoms with Crippen molar-refractivity contribution in [1.82, 2.24) is 0 Å². The van der Waals surface area contributed by atoms with E-state index in [1.54, 1.807) is 36.4 Å². The minimum absolute atomic E-state index is 0.0768. The first-order valence-corrected chi connectivity index (χ1v) is 8.02. The highest BCUT2D eigenvalue weighted by Crippen LogP contribution is 2.46. The summed E-state index contributed by atoms with van der Waals surface area (Å²) in [5.74, 6) is 0.604. The average Bonchev–Trinajstić information content (AvgIpc) is 2.47. The Morgan fingerprint density at radius 2 is 1.68 bits per heavy atom. The second kappa shape index (κ2) is 6.01. The Bertz CT molecular complexity index is 723. The highest BCUT2D eigenvalue weighted by atomic mass is 79.9. The van der Waals surface area contributed by atoms with Gasteiger partial charge in [0, 0.05) is 20.5 Å². The third-order valence-electron chi connectivity index (χ3n) is 3.17. The summed E-state index contributed by atoms with van der Waals surface area (Å²) in [6, 6.07) is 14.4. The second-order valence-electron chi connectivity index (χ2n) is 4.64. The van der Waals surface area contributed by atoms with Crippen LogP contribution in [0.25, 0.3) is 5.57 Å². The molecule has 0 radical (unpaired) electrons. The SMILES string of the molecule is FC(F)(F)SC1=C(c2ccc(Br)cc2)c2ccccc2OC1. The summed E-state index contributed by atoms with van der Waals surface area (Å²) in [5.41, 5.74) is -2.34. The fourth-order valence-electron chi connectivity index (χ4n) is 2.32. The number of hydrogen-bond donors (Lipinski definition) is 0. The average molecular weight is 387 g/mol. The van der Waals surface area contributed by atoms with Crippen LogP contribution in [0.15, 0.2) is 57.9 Å². The molecule has 0 amide bonds. The van der Waals surface area contributed by atoms with E-state index in [1.807, 2.05) is 12.1 Å². The summed E-state index contributed by atoms with van der Waals surface area (Å²) in [5, 5.41) is 0. The van der Waals surface area contributed by atoms with Crippen molar-refractivity contribution < 1.29 is 17.9 Å². The van der Waals surface area contributed by atoms with Crippen molar-refractivity contribution in [2.24, 2.45) is 0 Å². The maximum Gasteiger partial charge on any atom is 0.446 e. The molecule has 2 aromatic carbocycles. The number of ether oxygens (including phenoxy) is 1. The predicted molar refractivity (Wildman–Crippen MR) is 85.7 cm³/mol. The molecule has 0 unspecified atom stereocenters. The fourth-order valence-corrected chi connectivity index (χ4v) is 3.31. The molecular weight excluding hydrogens is 377 g/mol. The first-order chi connectivity index (χ1) is 10.4. The Labute approximate surface area is 138 Å². The monoisotopic (exact) mass is 386 g/mol. The number of thioether (sulfide) groups is 1. The predicted octanol–water partition coefficient (Wildman–Crippen LogP) is 5.85. The van der Waals surface area contributed by atoms with Crippen LogP contribution in [0.2, 0.25) is 0 Å². The van der Waals surface area contributed by atoms with E-state index < -0.39 is 5.51 Å². The first kappa shape index (κ1) is 15.5. The molecule has 0 N–H and O–H groups in total. The quantitative estimate of drug-likeness (QED) is 0.639. The van der Waals surface area contributed by atoms with Gasteiger partial charge in [0.25, 0.3) is 0 Å². The third kappa shape index (κ3) is 3.33. The summed E-state index contributed by atoms with van der Waals surface area (Å²) in [6.07, 6.45) is 0. The molecule has 0 saturated heterocycles. The van der Waals surface area contributed by atoms with Gasteiger partial charge in [-0.05, 0) is 35.5 Å². The maximum absolute atomic E-state index is 12.8. The Morgan fingerprint density at radius 1 is 1.00 bits per heavy atom. The van der Waals surface area contributed by atoms with Gasteiger partial charge in [-0.3, -0.25) is 0 Å². The van der Waals surface area contributed by atoms with Crippen molar-refractivity contribution in [2.75, 3.05) is 6.61 Å². The minimum Gasteiger partial charge on any atom is -0.488 e. The zero-order valence-electron chi connectivity index (χ0n) is 11.2. The van der Waals surface area contributed by atoms with Crippen LogP contribution in [0.3, 0.4) is 0 Å². The lowest BCUT2D eigenvalue weighted by molar-refractivity contribution is -0.0323. The van der Waals surface area contributed by atoms with Crippen LogP contribution in [0.5, 0.6) is 5.75 Å². The standard InChI is InChI=1S/C16H10BrF3OS/c17-11-7-5-10(6-8-11)15-12-3-1-2-4-13(12)21-9-14(15)22-16(18,19)20/h1-8H,9H2. The lowest BCUT2D eigenvalue weighted by Crippen LogP contribution is -2.13. The van der Waals surface area contributed by atoms with E-state index >= 15 is 0 Å². The molecule has 0 saturated carbocycles. The zero-order valence-corrected chi connectivity index (χ0v) is 13.6.